The van der Waals surface area contributed by atoms with Gasteiger partial charge in [-0.15, -0.1) is 0 Å². The van der Waals surface area contributed by atoms with E-state index in [1.54, 1.807) is 0 Å². The van der Waals surface area contributed by atoms with E-state index in [0.717, 1.165) is 13.0 Å². The number of esters is 1. The number of ether oxygens (including phenoxy) is 5. The van der Waals surface area contributed by atoms with Gasteiger partial charge in [-0.25, -0.2) is 0 Å². The van der Waals surface area contributed by atoms with Crippen LogP contribution in [-0.4, -0.2) is 57.0 Å². The molecule has 3 rings (SSSR count). The van der Waals surface area contributed by atoms with Crippen molar-refractivity contribution in [3.05, 3.63) is 0 Å². The van der Waals surface area contributed by atoms with Gasteiger partial charge in [0.05, 0.1) is 25.2 Å². The van der Waals surface area contributed by atoms with Crippen LogP contribution >= 0.6 is 0 Å². The molecule has 0 radical (unpaired) electrons. The highest BCUT2D eigenvalue weighted by molar-refractivity contribution is 5.76. The normalized spacial score (nSPS) is 33.0. The molecule has 3 fully saturated rings. The summed E-state index contributed by atoms with van der Waals surface area (Å²) in [6.07, 6.45) is 6.16. The predicted octanol–water partition coefficient (Wildman–Crippen LogP) is 3.46. The van der Waals surface area contributed by atoms with Crippen molar-refractivity contribution in [1.29, 1.82) is 0 Å². The summed E-state index contributed by atoms with van der Waals surface area (Å²) in [4.78, 5) is 12.3. The SMILES string of the molecule is CCC(C)(C)C(=O)OC1COC2C(OCOCC3(C)CCCCC3)COC12. The number of rotatable bonds is 8. The molecule has 6 nitrogen and oxygen atoms in total. The molecule has 1 saturated carbocycles. The minimum Gasteiger partial charge on any atom is -0.457 e. The van der Waals surface area contributed by atoms with Crippen LogP contribution in [0.4, 0.5) is 0 Å². The molecule has 3 aliphatic rings. The van der Waals surface area contributed by atoms with Gasteiger partial charge in [-0.05, 0) is 38.5 Å². The highest BCUT2D eigenvalue weighted by Crippen LogP contribution is 2.36. The summed E-state index contributed by atoms with van der Waals surface area (Å²) in [6, 6.07) is 0. The Labute approximate surface area is 163 Å². The lowest BCUT2D eigenvalue weighted by atomic mass is 9.76. The van der Waals surface area contributed by atoms with Crippen LogP contribution in [0.15, 0.2) is 0 Å². The van der Waals surface area contributed by atoms with Crippen molar-refractivity contribution >= 4 is 5.97 Å². The first-order valence-corrected chi connectivity index (χ1v) is 10.5. The van der Waals surface area contributed by atoms with Crippen LogP contribution in [0.1, 0.15) is 66.2 Å². The lowest BCUT2D eigenvalue weighted by molar-refractivity contribution is -0.165. The molecule has 4 unspecified atom stereocenters. The highest BCUT2D eigenvalue weighted by Gasteiger charge is 2.50. The summed E-state index contributed by atoms with van der Waals surface area (Å²) < 4.78 is 29.0. The minimum absolute atomic E-state index is 0.169. The van der Waals surface area contributed by atoms with Gasteiger partial charge in [-0.3, -0.25) is 4.79 Å². The second kappa shape index (κ2) is 8.76. The first-order valence-electron chi connectivity index (χ1n) is 10.5. The third kappa shape index (κ3) is 5.03. The van der Waals surface area contributed by atoms with E-state index in [2.05, 4.69) is 6.92 Å². The molecule has 4 atom stereocenters. The third-order valence-corrected chi connectivity index (χ3v) is 6.53. The van der Waals surface area contributed by atoms with Crippen LogP contribution in [0.5, 0.6) is 0 Å². The maximum absolute atomic E-state index is 12.3. The molecule has 0 N–H and O–H groups in total. The summed E-state index contributed by atoms with van der Waals surface area (Å²) in [6.45, 7) is 9.88. The monoisotopic (exact) mass is 384 g/mol. The largest absolute Gasteiger partial charge is 0.457 e. The lowest BCUT2D eigenvalue weighted by Gasteiger charge is -2.33. The molecular formula is C21H36O6. The van der Waals surface area contributed by atoms with Crippen molar-refractivity contribution in [1.82, 2.24) is 0 Å². The van der Waals surface area contributed by atoms with Crippen molar-refractivity contribution in [2.75, 3.05) is 26.6 Å². The van der Waals surface area contributed by atoms with Gasteiger partial charge in [0.15, 0.2) is 6.10 Å². The van der Waals surface area contributed by atoms with Crippen LogP contribution in [0, 0.1) is 10.8 Å². The van der Waals surface area contributed by atoms with Crippen molar-refractivity contribution in [2.24, 2.45) is 10.8 Å². The van der Waals surface area contributed by atoms with Crippen LogP contribution in [0.3, 0.4) is 0 Å². The topological polar surface area (TPSA) is 63.2 Å². The number of fused-ring (bicyclic) bond motifs is 1. The quantitative estimate of drug-likeness (QED) is 0.363. The van der Waals surface area contributed by atoms with Gasteiger partial charge >= 0.3 is 5.97 Å². The molecule has 2 aliphatic heterocycles. The first-order chi connectivity index (χ1) is 12.8. The molecule has 156 valence electrons. The van der Waals surface area contributed by atoms with Gasteiger partial charge in [0, 0.05) is 0 Å². The van der Waals surface area contributed by atoms with E-state index >= 15 is 0 Å². The minimum atomic E-state index is -0.490. The zero-order chi connectivity index (χ0) is 19.5. The van der Waals surface area contributed by atoms with E-state index < -0.39 is 5.41 Å². The Morgan fingerprint density at radius 1 is 1.07 bits per heavy atom. The van der Waals surface area contributed by atoms with Crippen LogP contribution < -0.4 is 0 Å². The Bertz CT molecular complexity index is 499. The summed E-state index contributed by atoms with van der Waals surface area (Å²) >= 11 is 0. The molecular weight excluding hydrogens is 348 g/mol. The highest BCUT2D eigenvalue weighted by atomic mass is 16.7. The number of carbonyl (C=O) groups excluding carboxylic acids is 1. The molecule has 2 heterocycles. The second-order valence-corrected chi connectivity index (χ2v) is 9.32. The molecule has 6 heteroatoms. The zero-order valence-electron chi connectivity index (χ0n) is 17.3. The average Bonchev–Trinajstić information content (AvgIpc) is 3.22. The van der Waals surface area contributed by atoms with E-state index in [-0.39, 0.29) is 42.6 Å². The van der Waals surface area contributed by atoms with Crippen molar-refractivity contribution in [3.63, 3.8) is 0 Å². The van der Waals surface area contributed by atoms with E-state index in [0.29, 0.717) is 13.2 Å². The molecule has 0 aromatic carbocycles. The maximum Gasteiger partial charge on any atom is 0.311 e. The molecule has 0 spiro atoms. The number of hydrogen-bond donors (Lipinski definition) is 0. The Balaban J connectivity index is 1.40. The van der Waals surface area contributed by atoms with Crippen LogP contribution in [0.2, 0.25) is 0 Å². The molecule has 0 aromatic rings. The molecule has 0 bridgehead atoms. The number of hydrogen-bond acceptors (Lipinski definition) is 6. The van der Waals surface area contributed by atoms with Crippen molar-refractivity contribution in [3.8, 4) is 0 Å². The van der Waals surface area contributed by atoms with Gasteiger partial charge in [0.1, 0.15) is 25.1 Å². The first kappa shape index (κ1) is 21.0. The van der Waals surface area contributed by atoms with Gasteiger partial charge in [0.25, 0.3) is 0 Å². The zero-order valence-corrected chi connectivity index (χ0v) is 17.3. The fourth-order valence-corrected chi connectivity index (χ4v) is 4.09. The summed E-state index contributed by atoms with van der Waals surface area (Å²) in [7, 11) is 0. The predicted molar refractivity (Wildman–Crippen MR) is 100 cm³/mol. The molecule has 1 aliphatic carbocycles. The van der Waals surface area contributed by atoms with Gasteiger partial charge in [0.2, 0.25) is 0 Å². The summed E-state index contributed by atoms with van der Waals surface area (Å²) in [5.74, 6) is -0.198. The van der Waals surface area contributed by atoms with E-state index in [4.69, 9.17) is 23.7 Å². The van der Waals surface area contributed by atoms with E-state index in [1.807, 2.05) is 20.8 Å². The van der Waals surface area contributed by atoms with Crippen molar-refractivity contribution < 1.29 is 28.5 Å². The van der Waals surface area contributed by atoms with Gasteiger partial charge < -0.3 is 23.7 Å². The van der Waals surface area contributed by atoms with E-state index in [1.165, 1.54) is 32.1 Å². The Morgan fingerprint density at radius 2 is 1.70 bits per heavy atom. The summed E-state index contributed by atoms with van der Waals surface area (Å²) in [5.41, 5.74) is -0.207. The van der Waals surface area contributed by atoms with E-state index in [9.17, 15) is 4.79 Å². The molecule has 2 saturated heterocycles. The molecule has 27 heavy (non-hydrogen) atoms. The molecule has 0 aromatic heterocycles. The Kier molecular flexibility index (Phi) is 6.83. The number of carbonyl (C=O) groups is 1. The molecule has 0 amide bonds. The standard InChI is InChI=1S/C21H36O6/c1-5-20(2,3)19(22)27-16-12-25-17-15(11-24-18(16)17)26-14-23-13-21(4)9-7-6-8-10-21/h15-18H,5-14H2,1-4H3. The fourth-order valence-electron chi connectivity index (χ4n) is 4.09. The summed E-state index contributed by atoms with van der Waals surface area (Å²) in [5, 5.41) is 0. The Morgan fingerprint density at radius 3 is 2.37 bits per heavy atom. The van der Waals surface area contributed by atoms with Crippen molar-refractivity contribution in [2.45, 2.75) is 90.6 Å². The third-order valence-electron chi connectivity index (χ3n) is 6.53. The van der Waals surface area contributed by atoms with Gasteiger partial charge in [-0.2, -0.15) is 0 Å². The fraction of sp³-hybridized carbons (Fsp3) is 0.952. The Hall–Kier alpha value is -0.690. The maximum atomic E-state index is 12.3. The average molecular weight is 385 g/mol. The smallest absolute Gasteiger partial charge is 0.311 e. The van der Waals surface area contributed by atoms with Gasteiger partial charge in [-0.1, -0.05) is 33.1 Å². The van der Waals surface area contributed by atoms with Crippen LogP contribution in [-0.2, 0) is 28.5 Å². The second-order valence-electron chi connectivity index (χ2n) is 9.32. The lowest BCUT2D eigenvalue weighted by Crippen LogP contribution is -2.38. The van der Waals surface area contributed by atoms with Crippen LogP contribution in [0.25, 0.3) is 0 Å².